The van der Waals surface area contributed by atoms with E-state index in [4.69, 9.17) is 9.47 Å². The molecule has 0 aromatic heterocycles. The summed E-state index contributed by atoms with van der Waals surface area (Å²) in [5.74, 6) is 2.68. The molecule has 0 aliphatic carbocycles. The van der Waals surface area contributed by atoms with Gasteiger partial charge < -0.3 is 14.6 Å². The van der Waals surface area contributed by atoms with Crippen LogP contribution in [0.25, 0.3) is 11.1 Å². The molecule has 3 aliphatic rings. The molecular weight excluding hydrogens is 400 g/mol. The zero-order chi connectivity index (χ0) is 21.5. The highest BCUT2D eigenvalue weighted by atomic mass is 16.7. The van der Waals surface area contributed by atoms with Crippen molar-refractivity contribution < 1.29 is 19.2 Å². The Morgan fingerprint density at radius 2 is 1.59 bits per heavy atom. The molecular formula is C27H27N2O3+. The number of hydrogen-bond acceptors (Lipinski definition) is 4. The van der Waals surface area contributed by atoms with Crippen molar-refractivity contribution >= 4 is 11.5 Å². The minimum atomic E-state index is -1.14. The van der Waals surface area contributed by atoms with Crippen molar-refractivity contribution in [3.8, 4) is 22.6 Å². The first kappa shape index (κ1) is 19.4. The van der Waals surface area contributed by atoms with Crippen LogP contribution in [-0.4, -0.2) is 35.4 Å². The third kappa shape index (κ3) is 3.16. The summed E-state index contributed by atoms with van der Waals surface area (Å²) in [6.45, 7) is 1.77. The van der Waals surface area contributed by atoms with Crippen LogP contribution in [-0.2, 0) is 5.72 Å². The van der Waals surface area contributed by atoms with Crippen LogP contribution < -0.4 is 14.4 Å². The van der Waals surface area contributed by atoms with E-state index < -0.39 is 5.72 Å². The Bertz CT molecular complexity index is 1170. The lowest BCUT2D eigenvalue weighted by atomic mass is 9.96. The number of rotatable bonds is 3. The highest BCUT2D eigenvalue weighted by molar-refractivity contribution is 5.97. The first-order valence-corrected chi connectivity index (χ1v) is 11.4. The SMILES string of the molecule is O[C@@]1(c2ccc(-c3ccccc3)cc2)C[N+]2=C(CCCCC2)N1c1ccc2c(c1)OCO2. The Hall–Kier alpha value is -3.31. The molecule has 5 nitrogen and oxygen atoms in total. The van der Waals surface area contributed by atoms with Crippen LogP contribution in [0.2, 0.25) is 0 Å². The molecule has 0 saturated heterocycles. The number of nitrogens with zero attached hydrogens (tertiary/aromatic N) is 2. The van der Waals surface area contributed by atoms with Gasteiger partial charge in [-0.25, -0.2) is 0 Å². The van der Waals surface area contributed by atoms with E-state index in [1.54, 1.807) is 0 Å². The maximum Gasteiger partial charge on any atom is 0.275 e. The molecule has 3 aromatic rings. The molecule has 1 atom stereocenters. The van der Waals surface area contributed by atoms with E-state index in [1.807, 2.05) is 36.4 Å². The fraction of sp³-hybridized carbons (Fsp3) is 0.296. The number of amidine groups is 1. The average molecular weight is 428 g/mol. The van der Waals surface area contributed by atoms with Crippen molar-refractivity contribution in [2.24, 2.45) is 0 Å². The molecule has 0 spiro atoms. The number of fused-ring (bicyclic) bond motifs is 1. The fourth-order valence-electron chi connectivity index (χ4n) is 5.19. The largest absolute Gasteiger partial charge is 0.454 e. The van der Waals surface area contributed by atoms with Crippen LogP contribution in [0, 0.1) is 0 Å². The predicted molar refractivity (Wildman–Crippen MR) is 124 cm³/mol. The second-order valence-corrected chi connectivity index (χ2v) is 8.78. The zero-order valence-electron chi connectivity index (χ0n) is 18.0. The Labute approximate surface area is 188 Å². The van der Waals surface area contributed by atoms with E-state index in [-0.39, 0.29) is 6.79 Å². The molecule has 1 N–H and O–H groups in total. The molecule has 0 saturated carbocycles. The summed E-state index contributed by atoms with van der Waals surface area (Å²) in [6, 6.07) is 24.6. The maximum atomic E-state index is 12.2. The first-order chi connectivity index (χ1) is 15.7. The normalized spacial score (nSPS) is 22.1. The van der Waals surface area contributed by atoms with Crippen molar-refractivity contribution in [2.45, 2.75) is 31.4 Å². The molecule has 6 rings (SSSR count). The summed E-state index contributed by atoms with van der Waals surface area (Å²) in [7, 11) is 0. The quantitative estimate of drug-likeness (QED) is 0.614. The lowest BCUT2D eigenvalue weighted by molar-refractivity contribution is -0.534. The van der Waals surface area contributed by atoms with Gasteiger partial charge in [0.2, 0.25) is 6.79 Å². The zero-order valence-corrected chi connectivity index (χ0v) is 18.0. The van der Waals surface area contributed by atoms with Crippen molar-refractivity contribution in [3.63, 3.8) is 0 Å². The van der Waals surface area contributed by atoms with Gasteiger partial charge >= 0.3 is 0 Å². The molecule has 0 radical (unpaired) electrons. The van der Waals surface area contributed by atoms with Crippen LogP contribution in [0.4, 0.5) is 5.69 Å². The minimum Gasteiger partial charge on any atom is -0.454 e. The van der Waals surface area contributed by atoms with Crippen molar-refractivity contribution in [3.05, 3.63) is 78.4 Å². The average Bonchev–Trinajstić information content (AvgIpc) is 3.34. The van der Waals surface area contributed by atoms with Gasteiger partial charge in [0.15, 0.2) is 18.0 Å². The molecule has 0 amide bonds. The third-order valence-electron chi connectivity index (χ3n) is 6.80. The van der Waals surface area contributed by atoms with Gasteiger partial charge in [0.25, 0.3) is 11.6 Å². The molecule has 0 unspecified atom stereocenters. The Morgan fingerprint density at radius 1 is 0.812 bits per heavy atom. The summed E-state index contributed by atoms with van der Waals surface area (Å²) in [5, 5.41) is 12.2. The minimum absolute atomic E-state index is 0.243. The van der Waals surface area contributed by atoms with E-state index >= 15 is 0 Å². The van der Waals surface area contributed by atoms with Crippen molar-refractivity contribution in [2.75, 3.05) is 24.8 Å². The van der Waals surface area contributed by atoms with Crippen LogP contribution in [0.5, 0.6) is 11.5 Å². The number of anilines is 1. The summed E-state index contributed by atoms with van der Waals surface area (Å²) < 4.78 is 13.5. The summed E-state index contributed by atoms with van der Waals surface area (Å²) >= 11 is 0. The summed E-state index contributed by atoms with van der Waals surface area (Å²) in [6.07, 6.45) is 4.47. The van der Waals surface area contributed by atoms with Gasteiger partial charge in [0.05, 0.1) is 6.54 Å². The smallest absolute Gasteiger partial charge is 0.275 e. The summed E-state index contributed by atoms with van der Waals surface area (Å²) in [4.78, 5) is 2.12. The van der Waals surface area contributed by atoms with Gasteiger partial charge in [-0.05, 0) is 42.5 Å². The molecule has 0 fully saturated rings. The maximum absolute atomic E-state index is 12.2. The van der Waals surface area contributed by atoms with Crippen LogP contribution in [0.3, 0.4) is 0 Å². The van der Waals surface area contributed by atoms with E-state index in [0.717, 1.165) is 54.1 Å². The van der Waals surface area contributed by atoms with E-state index in [0.29, 0.717) is 6.54 Å². The number of ether oxygens (including phenoxy) is 2. The van der Waals surface area contributed by atoms with Gasteiger partial charge in [-0.15, -0.1) is 0 Å². The standard InChI is InChI=1S/C27H27N2O3/c30-27(22-12-10-21(11-13-22)20-7-3-1-4-8-20)18-28-16-6-2-5-9-26(28)29(27)23-14-15-24-25(17-23)32-19-31-24/h1,3-4,7-8,10-15,17,30H,2,5-6,9,16,18-19H2/q+1/t27-/m1/s1. The molecule has 162 valence electrons. The Kier molecular flexibility index (Phi) is 4.65. The van der Waals surface area contributed by atoms with E-state index in [2.05, 4.69) is 45.9 Å². The van der Waals surface area contributed by atoms with Crippen molar-refractivity contribution in [1.82, 2.24) is 0 Å². The Balaban J connectivity index is 1.42. The van der Waals surface area contributed by atoms with E-state index in [1.165, 1.54) is 17.8 Å². The summed E-state index contributed by atoms with van der Waals surface area (Å²) in [5.41, 5.74) is 3.01. The molecule has 0 bridgehead atoms. The molecule has 32 heavy (non-hydrogen) atoms. The predicted octanol–water partition coefficient (Wildman–Crippen LogP) is 4.73. The first-order valence-electron chi connectivity index (χ1n) is 11.4. The van der Waals surface area contributed by atoms with Gasteiger partial charge in [0.1, 0.15) is 5.69 Å². The number of benzene rings is 3. The third-order valence-corrected chi connectivity index (χ3v) is 6.80. The molecule has 3 aromatic carbocycles. The van der Waals surface area contributed by atoms with Gasteiger partial charge in [0, 0.05) is 18.1 Å². The topological polar surface area (TPSA) is 44.9 Å². The van der Waals surface area contributed by atoms with Gasteiger partial charge in [-0.2, -0.15) is 4.90 Å². The number of aliphatic hydroxyl groups is 1. The van der Waals surface area contributed by atoms with Crippen LogP contribution >= 0.6 is 0 Å². The lowest BCUT2D eigenvalue weighted by Gasteiger charge is -2.29. The lowest BCUT2D eigenvalue weighted by Crippen LogP contribution is -2.47. The van der Waals surface area contributed by atoms with Gasteiger partial charge in [-0.1, -0.05) is 54.6 Å². The second-order valence-electron chi connectivity index (χ2n) is 8.78. The second kappa shape index (κ2) is 7.68. The van der Waals surface area contributed by atoms with Crippen LogP contribution in [0.15, 0.2) is 72.8 Å². The molecule has 5 heteroatoms. The Morgan fingerprint density at radius 3 is 2.44 bits per heavy atom. The van der Waals surface area contributed by atoms with Crippen molar-refractivity contribution in [1.29, 1.82) is 0 Å². The van der Waals surface area contributed by atoms with E-state index in [9.17, 15) is 5.11 Å². The number of hydrogen-bond donors (Lipinski definition) is 1. The highest BCUT2D eigenvalue weighted by Crippen LogP contribution is 2.42. The molecule has 3 heterocycles. The fourth-order valence-corrected chi connectivity index (χ4v) is 5.19. The monoisotopic (exact) mass is 427 g/mol. The molecule has 3 aliphatic heterocycles. The highest BCUT2D eigenvalue weighted by Gasteiger charge is 2.54. The van der Waals surface area contributed by atoms with Gasteiger partial charge in [-0.3, -0.25) is 4.58 Å². The van der Waals surface area contributed by atoms with Crippen LogP contribution in [0.1, 0.15) is 31.2 Å².